The molecule has 1 heterocycles. The molecule has 1 atom stereocenters. The number of benzene rings is 1. The molecule has 3 aliphatic rings. The minimum atomic E-state index is -0.800. The Balaban J connectivity index is 1.40. The molecule has 3 fully saturated rings. The average Bonchev–Trinajstić information content (AvgIpc) is 3.42. The molecule has 3 aliphatic carbocycles. The van der Waals surface area contributed by atoms with Gasteiger partial charge in [-0.25, -0.2) is 4.98 Å². The lowest BCUT2D eigenvalue weighted by molar-refractivity contribution is -0.120. The van der Waals surface area contributed by atoms with E-state index in [0.29, 0.717) is 5.92 Å². The highest BCUT2D eigenvalue weighted by atomic mass is 32.1. The molecule has 2 aromatic rings. The van der Waals surface area contributed by atoms with E-state index in [1.165, 1.54) is 17.8 Å². The lowest BCUT2D eigenvalue weighted by atomic mass is 9.91. The highest BCUT2D eigenvalue weighted by Crippen LogP contribution is 2.71. The summed E-state index contributed by atoms with van der Waals surface area (Å²) in [4.78, 5) is 17.5. The Bertz CT molecular complexity index is 886. The summed E-state index contributed by atoms with van der Waals surface area (Å²) in [6, 6.07) is 8.24. The van der Waals surface area contributed by atoms with E-state index in [9.17, 15) is 10.1 Å². The highest BCUT2D eigenvalue weighted by Gasteiger charge is 2.72. The van der Waals surface area contributed by atoms with Crippen LogP contribution in [0.15, 0.2) is 18.2 Å². The number of carbonyl (C=O) groups excluding carboxylic acids is 1. The van der Waals surface area contributed by atoms with Crippen LogP contribution in [0.2, 0.25) is 0 Å². The van der Waals surface area contributed by atoms with Gasteiger partial charge in [0.05, 0.1) is 21.3 Å². The first-order chi connectivity index (χ1) is 11.7. The molecule has 1 aromatic heterocycles. The molecule has 5 rings (SSSR count). The molecule has 0 bridgehead atoms. The van der Waals surface area contributed by atoms with E-state index < -0.39 is 5.41 Å². The molecule has 122 valence electrons. The number of fused-ring (bicyclic) bond motifs is 1. The molecule has 24 heavy (non-hydrogen) atoms. The van der Waals surface area contributed by atoms with Gasteiger partial charge >= 0.3 is 0 Å². The third kappa shape index (κ3) is 1.96. The zero-order chi connectivity index (χ0) is 16.4. The maximum atomic E-state index is 12.8. The van der Waals surface area contributed by atoms with E-state index >= 15 is 0 Å². The van der Waals surface area contributed by atoms with Crippen LogP contribution in [0.1, 0.15) is 55.9 Å². The molecule has 4 nitrogen and oxygen atoms in total. The van der Waals surface area contributed by atoms with Gasteiger partial charge in [-0.15, -0.1) is 11.3 Å². The van der Waals surface area contributed by atoms with Gasteiger partial charge in [0.25, 0.3) is 0 Å². The Morgan fingerprint density at radius 1 is 1.33 bits per heavy atom. The molecule has 0 aliphatic heterocycles. The Morgan fingerprint density at radius 3 is 2.83 bits per heavy atom. The van der Waals surface area contributed by atoms with E-state index in [4.69, 9.17) is 0 Å². The number of nitrogens with zero attached hydrogens (tertiary/aromatic N) is 2. The first-order valence-electron chi connectivity index (χ1n) is 8.79. The number of thiazole rings is 1. The van der Waals surface area contributed by atoms with Crippen molar-refractivity contribution in [2.75, 3.05) is 5.32 Å². The normalized spacial score (nSPS) is 27.3. The van der Waals surface area contributed by atoms with E-state index in [2.05, 4.69) is 16.4 Å². The minimum Gasteiger partial charge on any atom is -0.325 e. The number of nitriles is 1. The number of hydrogen-bond donors (Lipinski definition) is 1. The Kier molecular flexibility index (Phi) is 2.88. The molecule has 5 heteroatoms. The number of anilines is 1. The summed E-state index contributed by atoms with van der Waals surface area (Å²) in [5, 5.41) is 13.9. The van der Waals surface area contributed by atoms with Gasteiger partial charge in [-0.3, -0.25) is 4.79 Å². The number of aromatic nitrogens is 1. The van der Waals surface area contributed by atoms with Crippen LogP contribution in [0, 0.1) is 22.2 Å². The maximum Gasteiger partial charge on any atom is 0.245 e. The van der Waals surface area contributed by atoms with Crippen LogP contribution in [-0.4, -0.2) is 10.9 Å². The second-order valence-electron chi connectivity index (χ2n) is 7.64. The van der Waals surface area contributed by atoms with E-state index in [1.54, 1.807) is 11.3 Å². The molecule has 1 amide bonds. The number of rotatable bonds is 3. The Labute approximate surface area is 144 Å². The van der Waals surface area contributed by atoms with Crippen molar-refractivity contribution < 1.29 is 4.79 Å². The highest BCUT2D eigenvalue weighted by molar-refractivity contribution is 7.18. The number of nitrogens with one attached hydrogen (secondary N) is 1. The summed E-state index contributed by atoms with van der Waals surface area (Å²) in [6.07, 6.45) is 7.56. The van der Waals surface area contributed by atoms with Gasteiger partial charge in [-0.1, -0.05) is 12.8 Å². The largest absolute Gasteiger partial charge is 0.325 e. The molecule has 0 saturated heterocycles. The molecular formula is C19H19N3OS. The zero-order valence-corrected chi connectivity index (χ0v) is 14.3. The number of amides is 1. The van der Waals surface area contributed by atoms with Crippen LogP contribution in [0.25, 0.3) is 10.2 Å². The monoisotopic (exact) mass is 337 g/mol. The molecule has 0 radical (unpaired) electrons. The van der Waals surface area contributed by atoms with Gasteiger partial charge in [0.15, 0.2) is 0 Å². The molecule has 1 aromatic carbocycles. The summed E-state index contributed by atoms with van der Waals surface area (Å²) in [5.74, 6) is 0.536. The molecule has 1 N–H and O–H groups in total. The third-order valence-corrected chi connectivity index (χ3v) is 7.29. The predicted octanol–water partition coefficient (Wildman–Crippen LogP) is 4.59. The first kappa shape index (κ1) is 14.4. The SMILES string of the molecule is N#CC1(C(=O)Nc2ccc3nc(C4CC4)sc3c2)CC12CCCC2. The van der Waals surface area contributed by atoms with Crippen LogP contribution in [0.4, 0.5) is 5.69 Å². The van der Waals surface area contributed by atoms with E-state index in [0.717, 1.165) is 48.0 Å². The van der Waals surface area contributed by atoms with Gasteiger partial charge < -0.3 is 5.32 Å². The molecular weight excluding hydrogens is 318 g/mol. The predicted molar refractivity (Wildman–Crippen MR) is 93.8 cm³/mol. The quantitative estimate of drug-likeness (QED) is 0.891. The van der Waals surface area contributed by atoms with E-state index in [-0.39, 0.29) is 11.3 Å². The second-order valence-corrected chi connectivity index (χ2v) is 8.71. The molecule has 1 unspecified atom stereocenters. The lowest BCUT2D eigenvalue weighted by Crippen LogP contribution is -2.27. The Morgan fingerprint density at radius 2 is 2.12 bits per heavy atom. The summed E-state index contributed by atoms with van der Waals surface area (Å²) >= 11 is 1.73. The van der Waals surface area contributed by atoms with Gasteiger partial charge in [0.1, 0.15) is 5.41 Å². The summed E-state index contributed by atoms with van der Waals surface area (Å²) in [7, 11) is 0. The van der Waals surface area contributed by atoms with Crippen molar-refractivity contribution in [3.05, 3.63) is 23.2 Å². The zero-order valence-electron chi connectivity index (χ0n) is 13.5. The average molecular weight is 337 g/mol. The van der Waals surface area contributed by atoms with E-state index in [1.807, 2.05) is 18.2 Å². The maximum absolute atomic E-state index is 12.8. The lowest BCUT2D eigenvalue weighted by Gasteiger charge is -2.15. The van der Waals surface area contributed by atoms with Crippen LogP contribution >= 0.6 is 11.3 Å². The standard InChI is InChI=1S/C19H19N3OS/c20-11-19(10-18(19)7-1-2-8-18)17(23)21-13-5-6-14-15(9-13)24-16(22-14)12-3-4-12/h5-6,9,12H,1-4,7-8,10H2,(H,21,23). The summed E-state index contributed by atoms with van der Waals surface area (Å²) in [5.41, 5.74) is 0.951. The Hall–Kier alpha value is -1.93. The third-order valence-electron chi connectivity index (χ3n) is 6.11. The number of hydrogen-bond acceptors (Lipinski definition) is 4. The second kappa shape index (κ2) is 4.80. The topological polar surface area (TPSA) is 65.8 Å². The first-order valence-corrected chi connectivity index (χ1v) is 9.61. The van der Waals surface area contributed by atoms with Crippen LogP contribution in [-0.2, 0) is 4.79 Å². The van der Waals surface area contributed by atoms with Crippen molar-refractivity contribution in [3.63, 3.8) is 0 Å². The van der Waals surface area contributed by atoms with Crippen molar-refractivity contribution in [2.24, 2.45) is 10.8 Å². The minimum absolute atomic E-state index is 0.0421. The summed E-state index contributed by atoms with van der Waals surface area (Å²) < 4.78 is 1.12. The fraction of sp³-hybridized carbons (Fsp3) is 0.526. The van der Waals surface area contributed by atoms with Crippen LogP contribution in [0.3, 0.4) is 0 Å². The van der Waals surface area contributed by atoms with Crippen molar-refractivity contribution in [3.8, 4) is 6.07 Å². The fourth-order valence-corrected chi connectivity index (χ4v) is 5.59. The molecule has 1 spiro atoms. The molecule has 3 saturated carbocycles. The van der Waals surface area contributed by atoms with Crippen LogP contribution < -0.4 is 5.32 Å². The van der Waals surface area contributed by atoms with Crippen LogP contribution in [0.5, 0.6) is 0 Å². The van der Waals surface area contributed by atoms with Crippen molar-refractivity contribution >= 4 is 33.1 Å². The number of carbonyl (C=O) groups is 1. The van der Waals surface area contributed by atoms with Gasteiger partial charge in [-0.05, 0) is 50.3 Å². The van der Waals surface area contributed by atoms with Gasteiger partial charge in [0.2, 0.25) is 5.91 Å². The summed E-state index contributed by atoms with van der Waals surface area (Å²) in [6.45, 7) is 0. The van der Waals surface area contributed by atoms with Crippen molar-refractivity contribution in [1.29, 1.82) is 5.26 Å². The van der Waals surface area contributed by atoms with Gasteiger partial charge in [-0.2, -0.15) is 5.26 Å². The fourth-order valence-electron chi connectivity index (χ4n) is 4.41. The van der Waals surface area contributed by atoms with Gasteiger partial charge in [0, 0.05) is 17.0 Å². The van der Waals surface area contributed by atoms with Crippen molar-refractivity contribution in [2.45, 2.75) is 50.9 Å². The smallest absolute Gasteiger partial charge is 0.245 e. The van der Waals surface area contributed by atoms with Crippen molar-refractivity contribution in [1.82, 2.24) is 4.98 Å².